The Morgan fingerprint density at radius 2 is 2.11 bits per heavy atom. The molecule has 0 aliphatic rings. The Kier molecular flexibility index (Phi) is 6.09. The number of hydrogen-bond acceptors (Lipinski definition) is 3. The van der Waals surface area contributed by atoms with Gasteiger partial charge in [-0.15, -0.1) is 0 Å². The van der Waals surface area contributed by atoms with E-state index in [1.165, 1.54) is 0 Å². The van der Waals surface area contributed by atoms with Crippen molar-refractivity contribution in [1.29, 1.82) is 0 Å². The SMILES string of the molecule is CCC(NC(CC(C)C)C(=O)N(C)C)c1ccco1. The molecule has 2 unspecified atom stereocenters. The molecule has 1 amide bonds. The number of carbonyl (C=O) groups is 1. The fourth-order valence-electron chi connectivity index (χ4n) is 2.16. The van der Waals surface area contributed by atoms with Gasteiger partial charge in [0.05, 0.1) is 18.3 Å². The van der Waals surface area contributed by atoms with Crippen molar-refractivity contribution in [2.45, 2.75) is 45.7 Å². The largest absolute Gasteiger partial charge is 0.468 e. The van der Waals surface area contributed by atoms with Crippen molar-refractivity contribution in [3.05, 3.63) is 24.2 Å². The van der Waals surface area contributed by atoms with E-state index in [1.54, 1.807) is 25.3 Å². The molecule has 2 atom stereocenters. The van der Waals surface area contributed by atoms with Crippen LogP contribution in [0.2, 0.25) is 0 Å². The summed E-state index contributed by atoms with van der Waals surface area (Å²) in [6.07, 6.45) is 3.39. The average molecular weight is 266 g/mol. The van der Waals surface area contributed by atoms with E-state index in [-0.39, 0.29) is 18.0 Å². The molecule has 0 radical (unpaired) electrons. The molecular formula is C15H26N2O2. The van der Waals surface area contributed by atoms with E-state index < -0.39 is 0 Å². The second kappa shape index (κ2) is 7.34. The summed E-state index contributed by atoms with van der Waals surface area (Å²) in [6.45, 7) is 6.35. The molecule has 0 saturated heterocycles. The quantitative estimate of drug-likeness (QED) is 0.825. The van der Waals surface area contributed by atoms with E-state index in [2.05, 4.69) is 26.1 Å². The summed E-state index contributed by atoms with van der Waals surface area (Å²) in [5, 5.41) is 3.43. The summed E-state index contributed by atoms with van der Waals surface area (Å²) in [5.74, 6) is 1.48. The lowest BCUT2D eigenvalue weighted by Gasteiger charge is -2.26. The van der Waals surface area contributed by atoms with Crippen LogP contribution in [-0.2, 0) is 4.79 Å². The first-order valence-corrected chi connectivity index (χ1v) is 6.96. The van der Waals surface area contributed by atoms with Gasteiger partial charge >= 0.3 is 0 Å². The third kappa shape index (κ3) is 4.71. The predicted octanol–water partition coefficient (Wildman–Crippen LogP) is 2.82. The molecule has 19 heavy (non-hydrogen) atoms. The lowest BCUT2D eigenvalue weighted by atomic mass is 10.0. The highest BCUT2D eigenvalue weighted by Crippen LogP contribution is 2.19. The van der Waals surface area contributed by atoms with E-state index in [4.69, 9.17) is 4.42 Å². The molecule has 4 nitrogen and oxygen atoms in total. The van der Waals surface area contributed by atoms with Crippen LogP contribution in [0.15, 0.2) is 22.8 Å². The highest BCUT2D eigenvalue weighted by Gasteiger charge is 2.25. The smallest absolute Gasteiger partial charge is 0.239 e. The standard InChI is InChI=1S/C15H26N2O2/c1-6-12(14-8-7-9-19-14)16-13(10-11(2)3)15(18)17(4)5/h7-9,11-13,16H,6,10H2,1-5H3. The molecule has 1 rings (SSSR count). The molecule has 108 valence electrons. The normalized spacial score (nSPS) is 14.4. The highest BCUT2D eigenvalue weighted by molar-refractivity contribution is 5.81. The van der Waals surface area contributed by atoms with Gasteiger partial charge in [0.1, 0.15) is 5.76 Å². The second-order valence-electron chi connectivity index (χ2n) is 5.56. The summed E-state index contributed by atoms with van der Waals surface area (Å²) >= 11 is 0. The maximum Gasteiger partial charge on any atom is 0.239 e. The van der Waals surface area contributed by atoms with Gasteiger partial charge < -0.3 is 9.32 Å². The molecule has 1 aromatic rings. The molecular weight excluding hydrogens is 240 g/mol. The number of hydrogen-bond donors (Lipinski definition) is 1. The Balaban J connectivity index is 2.77. The minimum atomic E-state index is -0.162. The van der Waals surface area contributed by atoms with Crippen LogP contribution in [0.25, 0.3) is 0 Å². The number of amides is 1. The van der Waals surface area contributed by atoms with Gasteiger partial charge in [-0.3, -0.25) is 10.1 Å². The third-order valence-corrected chi connectivity index (χ3v) is 3.14. The fraction of sp³-hybridized carbons (Fsp3) is 0.667. The van der Waals surface area contributed by atoms with Crippen LogP contribution in [0.5, 0.6) is 0 Å². The molecule has 0 aromatic carbocycles. The first-order chi connectivity index (χ1) is 8.95. The molecule has 0 fully saturated rings. The van der Waals surface area contributed by atoms with Crippen molar-refractivity contribution in [2.24, 2.45) is 5.92 Å². The Morgan fingerprint density at radius 3 is 2.53 bits per heavy atom. The lowest BCUT2D eigenvalue weighted by Crippen LogP contribution is -2.45. The molecule has 1 heterocycles. The fourth-order valence-corrected chi connectivity index (χ4v) is 2.16. The van der Waals surface area contributed by atoms with Crippen molar-refractivity contribution in [3.63, 3.8) is 0 Å². The molecule has 0 spiro atoms. The van der Waals surface area contributed by atoms with E-state index in [1.807, 2.05) is 12.1 Å². The summed E-state index contributed by atoms with van der Waals surface area (Å²) in [5.41, 5.74) is 0. The Labute approximate surface area is 116 Å². The summed E-state index contributed by atoms with van der Waals surface area (Å²) in [4.78, 5) is 13.9. The van der Waals surface area contributed by atoms with Gasteiger partial charge in [0.2, 0.25) is 5.91 Å². The molecule has 0 bridgehead atoms. The zero-order chi connectivity index (χ0) is 14.4. The first kappa shape index (κ1) is 15.8. The summed E-state index contributed by atoms with van der Waals surface area (Å²) in [7, 11) is 3.59. The van der Waals surface area contributed by atoms with Gasteiger partial charge in [-0.2, -0.15) is 0 Å². The van der Waals surface area contributed by atoms with Crippen LogP contribution in [0.3, 0.4) is 0 Å². The molecule has 1 N–H and O–H groups in total. The van der Waals surface area contributed by atoms with Gasteiger partial charge in [-0.05, 0) is 30.9 Å². The molecule has 0 saturated carbocycles. The topological polar surface area (TPSA) is 45.5 Å². The van der Waals surface area contributed by atoms with Crippen LogP contribution >= 0.6 is 0 Å². The van der Waals surface area contributed by atoms with Crippen molar-refractivity contribution < 1.29 is 9.21 Å². The van der Waals surface area contributed by atoms with Crippen LogP contribution in [0.4, 0.5) is 0 Å². The van der Waals surface area contributed by atoms with Crippen molar-refractivity contribution in [3.8, 4) is 0 Å². The van der Waals surface area contributed by atoms with E-state index in [9.17, 15) is 4.79 Å². The molecule has 0 aliphatic carbocycles. The van der Waals surface area contributed by atoms with E-state index in [0.717, 1.165) is 18.6 Å². The highest BCUT2D eigenvalue weighted by atomic mass is 16.3. The van der Waals surface area contributed by atoms with E-state index >= 15 is 0 Å². The van der Waals surface area contributed by atoms with Crippen LogP contribution in [0, 0.1) is 5.92 Å². The van der Waals surface area contributed by atoms with Crippen LogP contribution < -0.4 is 5.32 Å². The Bertz CT molecular complexity index is 372. The maximum absolute atomic E-state index is 12.2. The molecule has 1 aromatic heterocycles. The third-order valence-electron chi connectivity index (χ3n) is 3.14. The maximum atomic E-state index is 12.2. The van der Waals surface area contributed by atoms with Gasteiger partial charge in [0.15, 0.2) is 0 Å². The summed E-state index contributed by atoms with van der Waals surface area (Å²) < 4.78 is 5.45. The molecule has 0 aliphatic heterocycles. The van der Waals surface area contributed by atoms with Gasteiger partial charge in [-0.1, -0.05) is 20.8 Å². The number of likely N-dealkylation sites (N-methyl/N-ethyl adjacent to an activating group) is 1. The zero-order valence-electron chi connectivity index (χ0n) is 12.6. The minimum absolute atomic E-state index is 0.0858. The monoisotopic (exact) mass is 266 g/mol. The minimum Gasteiger partial charge on any atom is -0.468 e. The number of rotatable bonds is 7. The average Bonchev–Trinajstić information content (AvgIpc) is 2.86. The zero-order valence-corrected chi connectivity index (χ0v) is 12.6. The van der Waals surface area contributed by atoms with Gasteiger partial charge in [0, 0.05) is 14.1 Å². The number of nitrogens with one attached hydrogen (secondary N) is 1. The number of carbonyl (C=O) groups excluding carboxylic acids is 1. The van der Waals surface area contributed by atoms with E-state index in [0.29, 0.717) is 5.92 Å². The lowest BCUT2D eigenvalue weighted by molar-refractivity contribution is -0.131. The predicted molar refractivity (Wildman–Crippen MR) is 76.8 cm³/mol. The van der Waals surface area contributed by atoms with Crippen molar-refractivity contribution in [1.82, 2.24) is 10.2 Å². The number of furan rings is 1. The van der Waals surface area contributed by atoms with Gasteiger partial charge in [-0.25, -0.2) is 0 Å². The molecule has 4 heteroatoms. The Hall–Kier alpha value is -1.29. The van der Waals surface area contributed by atoms with Crippen molar-refractivity contribution in [2.75, 3.05) is 14.1 Å². The second-order valence-corrected chi connectivity index (χ2v) is 5.56. The first-order valence-electron chi connectivity index (χ1n) is 6.96. The Morgan fingerprint density at radius 1 is 1.42 bits per heavy atom. The van der Waals surface area contributed by atoms with Crippen LogP contribution in [-0.4, -0.2) is 30.9 Å². The number of nitrogens with zero attached hydrogens (tertiary/aromatic N) is 1. The summed E-state index contributed by atoms with van der Waals surface area (Å²) in [6, 6.07) is 3.76. The van der Waals surface area contributed by atoms with Gasteiger partial charge in [0.25, 0.3) is 0 Å². The van der Waals surface area contributed by atoms with Crippen LogP contribution in [0.1, 0.15) is 45.4 Å². The van der Waals surface area contributed by atoms with Crippen molar-refractivity contribution >= 4 is 5.91 Å².